The summed E-state index contributed by atoms with van der Waals surface area (Å²) in [6, 6.07) is 22.6. The van der Waals surface area contributed by atoms with Crippen molar-refractivity contribution in [1.82, 2.24) is 4.90 Å². The van der Waals surface area contributed by atoms with Crippen LogP contribution in [0.15, 0.2) is 84.4 Å². The van der Waals surface area contributed by atoms with E-state index >= 15 is 0 Å². The highest BCUT2D eigenvalue weighted by atomic mass is 16.5. The van der Waals surface area contributed by atoms with E-state index in [4.69, 9.17) is 14.2 Å². The minimum absolute atomic E-state index is 0.0305. The lowest BCUT2D eigenvalue weighted by Gasteiger charge is -2.25. The van der Waals surface area contributed by atoms with E-state index in [9.17, 15) is 14.7 Å². The molecule has 1 N–H and O–H groups in total. The van der Waals surface area contributed by atoms with Crippen LogP contribution >= 0.6 is 0 Å². The first-order valence-electron chi connectivity index (χ1n) is 11.9. The number of rotatable bonds is 10. The molecule has 0 bridgehead atoms. The monoisotopic (exact) mass is 487 g/mol. The number of hydrogen-bond donors (Lipinski definition) is 1. The molecule has 7 heteroatoms. The van der Waals surface area contributed by atoms with Crippen molar-refractivity contribution in [1.29, 1.82) is 0 Å². The number of methoxy groups -OCH3 is 1. The standard InChI is InChI=1S/C29H29NO6/c1-3-35-23-14-8-11-21(19-23)27(31)25-26(30(16-9-17-34-2)29(33)28(25)32)20-10-7-15-24(18-20)36-22-12-5-4-6-13-22/h4-8,10-15,18-19,26,31H,3,9,16-17H2,1-2H3. The van der Waals surface area contributed by atoms with E-state index in [-0.39, 0.29) is 11.3 Å². The largest absolute Gasteiger partial charge is 0.507 e. The molecule has 1 aliphatic rings. The number of aliphatic hydroxyl groups excluding tert-OH is 1. The molecule has 1 fully saturated rings. The van der Waals surface area contributed by atoms with Crippen LogP contribution in [-0.4, -0.2) is 48.6 Å². The van der Waals surface area contributed by atoms with Crippen LogP contribution in [0.3, 0.4) is 0 Å². The second kappa shape index (κ2) is 11.6. The van der Waals surface area contributed by atoms with Gasteiger partial charge in [-0.05, 0) is 55.3 Å². The highest BCUT2D eigenvalue weighted by Crippen LogP contribution is 2.41. The number of Topliss-reactive ketones (excluding diaryl/α,β-unsaturated/α-hetero) is 1. The van der Waals surface area contributed by atoms with Crippen LogP contribution in [0.5, 0.6) is 17.2 Å². The summed E-state index contributed by atoms with van der Waals surface area (Å²) in [5.74, 6) is 0.143. The van der Waals surface area contributed by atoms with Gasteiger partial charge in [-0.15, -0.1) is 0 Å². The molecule has 1 aliphatic heterocycles. The van der Waals surface area contributed by atoms with E-state index in [1.165, 1.54) is 4.90 Å². The van der Waals surface area contributed by atoms with E-state index < -0.39 is 17.7 Å². The molecule has 0 saturated carbocycles. The maximum Gasteiger partial charge on any atom is 0.295 e. The number of carbonyl (C=O) groups excluding carboxylic acids is 2. The van der Waals surface area contributed by atoms with Crippen molar-refractivity contribution < 1.29 is 28.9 Å². The number of carbonyl (C=O) groups is 2. The smallest absolute Gasteiger partial charge is 0.295 e. The highest BCUT2D eigenvalue weighted by molar-refractivity contribution is 6.46. The Bertz CT molecular complexity index is 1250. The second-order valence-electron chi connectivity index (χ2n) is 8.29. The molecular weight excluding hydrogens is 458 g/mol. The number of amides is 1. The Labute approximate surface area is 210 Å². The van der Waals surface area contributed by atoms with Crippen molar-refractivity contribution in [2.24, 2.45) is 0 Å². The first-order chi connectivity index (χ1) is 17.5. The number of benzene rings is 3. The molecule has 4 rings (SSSR count). The number of aliphatic hydroxyl groups is 1. The minimum atomic E-state index is -0.781. The van der Waals surface area contributed by atoms with Crippen molar-refractivity contribution in [2.45, 2.75) is 19.4 Å². The van der Waals surface area contributed by atoms with Gasteiger partial charge in [0.15, 0.2) is 0 Å². The minimum Gasteiger partial charge on any atom is -0.507 e. The summed E-state index contributed by atoms with van der Waals surface area (Å²) in [7, 11) is 1.58. The molecular formula is C29H29NO6. The van der Waals surface area contributed by atoms with E-state index in [1.54, 1.807) is 49.6 Å². The first kappa shape index (κ1) is 25.0. The maximum atomic E-state index is 13.2. The summed E-state index contributed by atoms with van der Waals surface area (Å²) >= 11 is 0. The lowest BCUT2D eigenvalue weighted by atomic mass is 9.95. The van der Waals surface area contributed by atoms with Crippen molar-refractivity contribution in [3.63, 3.8) is 0 Å². The average Bonchev–Trinajstić information content (AvgIpc) is 3.15. The Balaban J connectivity index is 1.78. The SMILES string of the molecule is CCOc1cccc(C(O)=C2C(=O)C(=O)N(CCCOC)C2c2cccc(Oc3ccccc3)c2)c1. The number of nitrogens with zero attached hydrogens (tertiary/aromatic N) is 1. The third-order valence-electron chi connectivity index (χ3n) is 5.86. The van der Waals surface area contributed by atoms with Gasteiger partial charge in [-0.3, -0.25) is 9.59 Å². The molecule has 1 amide bonds. The van der Waals surface area contributed by atoms with Crippen LogP contribution in [0.4, 0.5) is 0 Å². The van der Waals surface area contributed by atoms with Crippen LogP contribution in [-0.2, 0) is 14.3 Å². The number of ketones is 1. The van der Waals surface area contributed by atoms with Gasteiger partial charge in [0.1, 0.15) is 23.0 Å². The quantitative estimate of drug-likeness (QED) is 0.180. The fraction of sp³-hybridized carbons (Fsp3) is 0.241. The van der Waals surface area contributed by atoms with Gasteiger partial charge >= 0.3 is 0 Å². The van der Waals surface area contributed by atoms with Crippen LogP contribution in [0.2, 0.25) is 0 Å². The molecule has 0 radical (unpaired) electrons. The molecule has 1 unspecified atom stereocenters. The van der Waals surface area contributed by atoms with E-state index in [2.05, 4.69) is 0 Å². The summed E-state index contributed by atoms with van der Waals surface area (Å²) in [5.41, 5.74) is 1.09. The van der Waals surface area contributed by atoms with E-state index in [1.807, 2.05) is 43.3 Å². The molecule has 7 nitrogen and oxygen atoms in total. The van der Waals surface area contributed by atoms with Crippen molar-refractivity contribution in [3.05, 3.63) is 95.6 Å². The van der Waals surface area contributed by atoms with E-state index in [0.717, 1.165) is 0 Å². The second-order valence-corrected chi connectivity index (χ2v) is 8.29. The molecule has 1 atom stereocenters. The van der Waals surface area contributed by atoms with Gasteiger partial charge in [0.2, 0.25) is 0 Å². The van der Waals surface area contributed by atoms with E-state index in [0.29, 0.717) is 54.6 Å². The van der Waals surface area contributed by atoms with Crippen LogP contribution in [0.25, 0.3) is 5.76 Å². The van der Waals surface area contributed by atoms with Crippen LogP contribution in [0.1, 0.15) is 30.5 Å². The topological polar surface area (TPSA) is 85.3 Å². The summed E-state index contributed by atoms with van der Waals surface area (Å²) in [6.07, 6.45) is 0.542. The van der Waals surface area contributed by atoms with Gasteiger partial charge in [0.25, 0.3) is 11.7 Å². The average molecular weight is 488 g/mol. The lowest BCUT2D eigenvalue weighted by molar-refractivity contribution is -0.140. The van der Waals surface area contributed by atoms with Gasteiger partial charge in [-0.2, -0.15) is 0 Å². The third-order valence-corrected chi connectivity index (χ3v) is 5.86. The Morgan fingerprint density at radius 1 is 0.917 bits per heavy atom. The first-order valence-corrected chi connectivity index (χ1v) is 11.9. The fourth-order valence-corrected chi connectivity index (χ4v) is 4.26. The van der Waals surface area contributed by atoms with Crippen molar-refractivity contribution in [2.75, 3.05) is 26.9 Å². The molecule has 36 heavy (non-hydrogen) atoms. The molecule has 3 aromatic rings. The van der Waals surface area contributed by atoms with Gasteiger partial charge in [-0.25, -0.2) is 0 Å². The van der Waals surface area contributed by atoms with Gasteiger partial charge in [0.05, 0.1) is 18.2 Å². The Morgan fingerprint density at radius 3 is 2.39 bits per heavy atom. The Hall–Kier alpha value is -4.10. The molecule has 186 valence electrons. The predicted molar refractivity (Wildman–Crippen MR) is 136 cm³/mol. The van der Waals surface area contributed by atoms with Crippen molar-refractivity contribution in [3.8, 4) is 17.2 Å². The van der Waals surface area contributed by atoms with Crippen molar-refractivity contribution >= 4 is 17.4 Å². The third kappa shape index (κ3) is 5.42. The summed E-state index contributed by atoms with van der Waals surface area (Å²) in [6.45, 7) is 3.05. The van der Waals surface area contributed by atoms with Gasteiger partial charge in [0, 0.05) is 25.8 Å². The zero-order chi connectivity index (χ0) is 25.5. The normalized spacial score (nSPS) is 16.8. The molecule has 3 aromatic carbocycles. The summed E-state index contributed by atoms with van der Waals surface area (Å²) in [5, 5.41) is 11.3. The Kier molecular flexibility index (Phi) is 8.02. The molecule has 0 aliphatic carbocycles. The van der Waals surface area contributed by atoms with Crippen LogP contribution in [0, 0.1) is 0 Å². The molecule has 0 spiro atoms. The Morgan fingerprint density at radius 2 is 1.64 bits per heavy atom. The fourth-order valence-electron chi connectivity index (χ4n) is 4.26. The highest BCUT2D eigenvalue weighted by Gasteiger charge is 2.45. The number of ether oxygens (including phenoxy) is 3. The maximum absolute atomic E-state index is 13.2. The van der Waals surface area contributed by atoms with Gasteiger partial charge < -0.3 is 24.2 Å². The van der Waals surface area contributed by atoms with Gasteiger partial charge in [-0.1, -0.05) is 42.5 Å². The lowest BCUT2D eigenvalue weighted by Crippen LogP contribution is -2.31. The zero-order valence-electron chi connectivity index (χ0n) is 20.3. The molecule has 1 saturated heterocycles. The predicted octanol–water partition coefficient (Wildman–Crippen LogP) is 5.34. The number of likely N-dealkylation sites (tertiary alicyclic amines) is 1. The van der Waals surface area contributed by atoms with Crippen LogP contribution < -0.4 is 9.47 Å². The number of para-hydroxylation sites is 1. The zero-order valence-corrected chi connectivity index (χ0v) is 20.3. The number of hydrogen-bond acceptors (Lipinski definition) is 6. The molecule has 0 aromatic heterocycles. The summed E-state index contributed by atoms with van der Waals surface area (Å²) < 4.78 is 16.7. The molecule has 1 heterocycles. The summed E-state index contributed by atoms with van der Waals surface area (Å²) in [4.78, 5) is 27.8.